The fourth-order valence-electron chi connectivity index (χ4n) is 3.74. The fraction of sp³-hybridized carbons (Fsp3) is 0.304. The van der Waals surface area contributed by atoms with Gasteiger partial charge < -0.3 is 15.8 Å². The van der Waals surface area contributed by atoms with Crippen molar-refractivity contribution < 1.29 is 18.3 Å². The number of carboxylic acids is 1. The van der Waals surface area contributed by atoms with Crippen molar-refractivity contribution in [2.75, 3.05) is 19.6 Å². The Morgan fingerprint density at radius 2 is 1.84 bits per heavy atom. The average molecular weight is 458 g/mol. The van der Waals surface area contributed by atoms with Crippen molar-refractivity contribution in [3.05, 3.63) is 75.7 Å². The second-order valence-electron chi connectivity index (χ2n) is 7.63. The van der Waals surface area contributed by atoms with Crippen LogP contribution in [-0.2, 0) is 16.4 Å². The molecular formula is C23H27N3O5S. The number of pyridine rings is 1. The van der Waals surface area contributed by atoms with Crippen LogP contribution in [0.15, 0.2) is 58.4 Å². The number of carbonyl (C=O) groups is 1. The number of carboxylic acid groups (broad SMARTS) is 1. The summed E-state index contributed by atoms with van der Waals surface area (Å²) in [5.41, 5.74) is 6.99. The van der Waals surface area contributed by atoms with Crippen LogP contribution >= 0.6 is 0 Å². The number of fused-ring (bicyclic) bond motifs is 1. The average Bonchev–Trinajstić information content (AvgIpc) is 2.78. The first-order valence-corrected chi connectivity index (χ1v) is 11.8. The van der Waals surface area contributed by atoms with Gasteiger partial charge in [-0.05, 0) is 68.1 Å². The molecule has 0 aliphatic heterocycles. The highest BCUT2D eigenvalue weighted by molar-refractivity contribution is 7.89. The van der Waals surface area contributed by atoms with Crippen LogP contribution in [0.1, 0.15) is 34.3 Å². The number of benzene rings is 2. The van der Waals surface area contributed by atoms with Crippen LogP contribution in [0.5, 0.6) is 0 Å². The van der Waals surface area contributed by atoms with Crippen molar-refractivity contribution in [1.29, 1.82) is 0 Å². The lowest BCUT2D eigenvalue weighted by molar-refractivity contribution is 0.0696. The normalized spacial score (nSPS) is 11.8. The number of aromatic nitrogens is 1. The Morgan fingerprint density at radius 1 is 1.12 bits per heavy atom. The van der Waals surface area contributed by atoms with Gasteiger partial charge in [-0.1, -0.05) is 18.2 Å². The predicted octanol–water partition coefficient (Wildman–Crippen LogP) is 2.51. The van der Waals surface area contributed by atoms with Gasteiger partial charge in [0, 0.05) is 30.1 Å². The standard InChI is InChI=1S/C23H27N3O5S/c1-16-15-25-22(27)19-9-3-10-20(21(16)19)32(30,31)26(13-5-11-24)12-4-7-17-6-2-8-18(14-17)23(28)29/h2-3,6,8-10,14-15H,4-5,7,11-13,24H2,1H3,(H,25,27)(H,28,29). The van der Waals surface area contributed by atoms with Gasteiger partial charge in [0.25, 0.3) is 5.56 Å². The number of nitrogens with one attached hydrogen (secondary N) is 1. The van der Waals surface area contributed by atoms with Gasteiger partial charge in [0.1, 0.15) is 0 Å². The van der Waals surface area contributed by atoms with Gasteiger partial charge in [-0.25, -0.2) is 13.2 Å². The number of hydrogen-bond acceptors (Lipinski definition) is 5. The molecule has 0 aliphatic rings. The first kappa shape index (κ1) is 23.6. The van der Waals surface area contributed by atoms with Crippen LogP contribution in [0.25, 0.3) is 10.8 Å². The van der Waals surface area contributed by atoms with Gasteiger partial charge in [0.05, 0.1) is 10.5 Å². The van der Waals surface area contributed by atoms with Crippen molar-refractivity contribution >= 4 is 26.8 Å². The van der Waals surface area contributed by atoms with E-state index in [0.29, 0.717) is 42.1 Å². The second-order valence-corrected chi connectivity index (χ2v) is 9.54. The minimum Gasteiger partial charge on any atom is -0.478 e. The number of rotatable bonds is 10. The molecule has 0 unspecified atom stereocenters. The summed E-state index contributed by atoms with van der Waals surface area (Å²) in [5, 5.41) is 9.91. The van der Waals surface area contributed by atoms with Crippen molar-refractivity contribution in [3.8, 4) is 0 Å². The topological polar surface area (TPSA) is 134 Å². The third-order valence-electron chi connectivity index (χ3n) is 5.36. The molecule has 3 rings (SSSR count). The molecule has 0 bridgehead atoms. The Balaban J connectivity index is 1.89. The molecule has 3 aromatic rings. The zero-order chi connectivity index (χ0) is 23.3. The van der Waals surface area contributed by atoms with Gasteiger partial charge in [-0.2, -0.15) is 4.31 Å². The Labute approximate surface area is 186 Å². The van der Waals surface area contributed by atoms with Gasteiger partial charge in [-0.3, -0.25) is 4.79 Å². The summed E-state index contributed by atoms with van der Waals surface area (Å²) in [6.07, 6.45) is 3.06. The number of nitrogens with two attached hydrogens (primary N) is 1. The molecule has 0 spiro atoms. The SMILES string of the molecule is Cc1c[nH]c(=O)c2cccc(S(=O)(=O)N(CCCN)CCCc3cccc(C(=O)O)c3)c12. The van der Waals surface area contributed by atoms with Crippen LogP contribution in [0.4, 0.5) is 0 Å². The predicted molar refractivity (Wildman–Crippen MR) is 123 cm³/mol. The number of aromatic amines is 1. The maximum atomic E-state index is 13.6. The van der Waals surface area contributed by atoms with E-state index in [1.807, 2.05) is 6.07 Å². The number of nitrogens with zero attached hydrogens (tertiary/aromatic N) is 1. The Hall–Kier alpha value is -3.01. The quantitative estimate of drug-likeness (QED) is 0.428. The van der Waals surface area contributed by atoms with Crippen LogP contribution in [0, 0.1) is 6.92 Å². The van der Waals surface area contributed by atoms with Gasteiger partial charge in [0.2, 0.25) is 10.0 Å². The van der Waals surface area contributed by atoms with Gasteiger partial charge in [-0.15, -0.1) is 0 Å². The number of H-pyrrole nitrogens is 1. The van der Waals surface area contributed by atoms with E-state index in [1.165, 1.54) is 22.6 Å². The largest absolute Gasteiger partial charge is 0.478 e. The molecule has 0 atom stereocenters. The summed E-state index contributed by atoms with van der Waals surface area (Å²) in [4.78, 5) is 26.1. The van der Waals surface area contributed by atoms with E-state index in [1.54, 1.807) is 31.2 Å². The molecule has 4 N–H and O–H groups in total. The molecule has 0 amide bonds. The van der Waals surface area contributed by atoms with Crippen molar-refractivity contribution in [3.63, 3.8) is 0 Å². The fourth-order valence-corrected chi connectivity index (χ4v) is 5.54. The Kier molecular flexibility index (Phi) is 7.44. The smallest absolute Gasteiger partial charge is 0.335 e. The highest BCUT2D eigenvalue weighted by Crippen LogP contribution is 2.27. The zero-order valence-corrected chi connectivity index (χ0v) is 18.7. The lowest BCUT2D eigenvalue weighted by atomic mass is 10.1. The molecule has 0 saturated carbocycles. The number of aryl methyl sites for hydroxylation is 2. The minimum atomic E-state index is -3.88. The summed E-state index contributed by atoms with van der Waals surface area (Å²) in [5.74, 6) is -1.000. The van der Waals surface area contributed by atoms with E-state index >= 15 is 0 Å². The van der Waals surface area contributed by atoms with Crippen LogP contribution in [-0.4, -0.2) is 48.4 Å². The van der Waals surface area contributed by atoms with Gasteiger partial charge >= 0.3 is 5.97 Å². The molecule has 1 aromatic heterocycles. The highest BCUT2D eigenvalue weighted by atomic mass is 32.2. The van der Waals surface area contributed by atoms with E-state index in [-0.39, 0.29) is 29.1 Å². The van der Waals surface area contributed by atoms with Crippen LogP contribution < -0.4 is 11.3 Å². The van der Waals surface area contributed by atoms with Crippen LogP contribution in [0.2, 0.25) is 0 Å². The van der Waals surface area contributed by atoms with E-state index in [9.17, 15) is 18.0 Å². The molecule has 8 nitrogen and oxygen atoms in total. The lowest BCUT2D eigenvalue weighted by Crippen LogP contribution is -2.34. The van der Waals surface area contributed by atoms with E-state index < -0.39 is 16.0 Å². The van der Waals surface area contributed by atoms with E-state index in [4.69, 9.17) is 10.8 Å². The molecule has 9 heteroatoms. The molecule has 0 aliphatic carbocycles. The first-order valence-electron chi connectivity index (χ1n) is 10.4. The molecule has 32 heavy (non-hydrogen) atoms. The molecule has 0 radical (unpaired) electrons. The summed E-state index contributed by atoms with van der Waals surface area (Å²) >= 11 is 0. The highest BCUT2D eigenvalue weighted by Gasteiger charge is 2.26. The molecule has 0 saturated heterocycles. The molecule has 1 heterocycles. The van der Waals surface area contributed by atoms with E-state index in [0.717, 1.165) is 5.56 Å². The summed E-state index contributed by atoms with van der Waals surface area (Å²) in [6, 6.07) is 11.3. The maximum Gasteiger partial charge on any atom is 0.335 e. The Bertz CT molecular complexity index is 1280. The third kappa shape index (κ3) is 5.07. The molecular weight excluding hydrogens is 430 g/mol. The molecule has 2 aromatic carbocycles. The number of aromatic carboxylic acids is 1. The summed E-state index contributed by atoms with van der Waals surface area (Å²) < 4.78 is 28.6. The summed E-state index contributed by atoms with van der Waals surface area (Å²) in [6.45, 7) is 2.61. The van der Waals surface area contributed by atoms with Crippen molar-refractivity contribution in [2.45, 2.75) is 31.1 Å². The maximum absolute atomic E-state index is 13.6. The van der Waals surface area contributed by atoms with E-state index in [2.05, 4.69) is 4.98 Å². The lowest BCUT2D eigenvalue weighted by Gasteiger charge is -2.23. The summed E-state index contributed by atoms with van der Waals surface area (Å²) in [7, 11) is -3.88. The third-order valence-corrected chi connectivity index (χ3v) is 7.30. The minimum absolute atomic E-state index is 0.100. The van der Waals surface area contributed by atoms with Crippen molar-refractivity contribution in [2.24, 2.45) is 5.73 Å². The zero-order valence-electron chi connectivity index (χ0n) is 17.9. The molecule has 0 fully saturated rings. The number of sulfonamides is 1. The van der Waals surface area contributed by atoms with Crippen molar-refractivity contribution in [1.82, 2.24) is 9.29 Å². The first-order chi connectivity index (χ1) is 15.3. The number of hydrogen-bond donors (Lipinski definition) is 3. The van der Waals surface area contributed by atoms with Crippen LogP contribution in [0.3, 0.4) is 0 Å². The Morgan fingerprint density at radius 3 is 2.56 bits per heavy atom. The van der Waals surface area contributed by atoms with Gasteiger partial charge in [0.15, 0.2) is 0 Å². The second kappa shape index (κ2) is 10.1. The monoisotopic (exact) mass is 457 g/mol. The molecule has 170 valence electrons.